The molecular formula is C9H11F3N2. The van der Waals surface area contributed by atoms with Gasteiger partial charge in [0.1, 0.15) is 6.04 Å². The minimum absolute atomic E-state index is 0.139. The smallest absolute Gasteiger partial charge is 0.305 e. The Morgan fingerprint density at radius 2 is 2.00 bits per heavy atom. The molecule has 1 rings (SSSR count). The topological polar surface area (TPSA) is 24.9 Å². The summed E-state index contributed by atoms with van der Waals surface area (Å²) in [5, 5.41) is 2.22. The number of pyridine rings is 1. The van der Waals surface area contributed by atoms with E-state index >= 15 is 0 Å². The van der Waals surface area contributed by atoms with Gasteiger partial charge in [0.15, 0.2) is 0 Å². The summed E-state index contributed by atoms with van der Waals surface area (Å²) >= 11 is 0. The van der Waals surface area contributed by atoms with Crippen LogP contribution in [0.4, 0.5) is 13.2 Å². The van der Waals surface area contributed by atoms with Crippen molar-refractivity contribution in [3.8, 4) is 0 Å². The van der Waals surface area contributed by atoms with E-state index in [1.54, 1.807) is 6.92 Å². The van der Waals surface area contributed by atoms with Crippen LogP contribution >= 0.6 is 0 Å². The zero-order valence-electron chi connectivity index (χ0n) is 7.89. The van der Waals surface area contributed by atoms with E-state index in [4.69, 9.17) is 0 Å². The summed E-state index contributed by atoms with van der Waals surface area (Å²) in [7, 11) is 1.28. The SMILES string of the molecule is CNC(c1cncc(C)c1)C(F)(F)F. The molecule has 5 heteroatoms. The van der Waals surface area contributed by atoms with Gasteiger partial charge < -0.3 is 5.32 Å². The van der Waals surface area contributed by atoms with Crippen LogP contribution in [-0.2, 0) is 0 Å². The van der Waals surface area contributed by atoms with E-state index in [1.165, 1.54) is 25.5 Å². The molecule has 1 N–H and O–H groups in total. The zero-order chi connectivity index (χ0) is 10.8. The summed E-state index contributed by atoms with van der Waals surface area (Å²) in [5.41, 5.74) is 0.854. The number of aryl methyl sites for hydroxylation is 1. The molecule has 0 saturated carbocycles. The van der Waals surface area contributed by atoms with Crippen molar-refractivity contribution in [1.82, 2.24) is 10.3 Å². The van der Waals surface area contributed by atoms with Crippen LogP contribution in [0.15, 0.2) is 18.5 Å². The molecule has 1 aromatic rings. The van der Waals surface area contributed by atoms with Gasteiger partial charge in [-0.15, -0.1) is 0 Å². The summed E-state index contributed by atoms with van der Waals surface area (Å²) in [6, 6.07) is -0.170. The molecule has 0 aliphatic heterocycles. The van der Waals surface area contributed by atoms with E-state index in [9.17, 15) is 13.2 Å². The Morgan fingerprint density at radius 1 is 1.36 bits per heavy atom. The van der Waals surface area contributed by atoms with Crippen LogP contribution < -0.4 is 5.32 Å². The van der Waals surface area contributed by atoms with E-state index in [-0.39, 0.29) is 5.56 Å². The largest absolute Gasteiger partial charge is 0.407 e. The fourth-order valence-electron chi connectivity index (χ4n) is 1.26. The quantitative estimate of drug-likeness (QED) is 0.798. The highest BCUT2D eigenvalue weighted by molar-refractivity contribution is 5.21. The second-order valence-corrected chi connectivity index (χ2v) is 3.06. The van der Waals surface area contributed by atoms with Gasteiger partial charge in [0, 0.05) is 12.4 Å². The summed E-state index contributed by atoms with van der Waals surface area (Å²) in [6.07, 6.45) is -1.54. The normalized spacial score (nSPS) is 14.1. The number of alkyl halides is 3. The second kappa shape index (κ2) is 3.96. The van der Waals surface area contributed by atoms with Crippen molar-refractivity contribution < 1.29 is 13.2 Å². The molecule has 14 heavy (non-hydrogen) atoms. The van der Waals surface area contributed by atoms with Crippen molar-refractivity contribution in [3.05, 3.63) is 29.6 Å². The second-order valence-electron chi connectivity index (χ2n) is 3.06. The summed E-state index contributed by atoms with van der Waals surface area (Å²) in [5.74, 6) is 0. The Balaban J connectivity index is 3.01. The average molecular weight is 204 g/mol. The van der Waals surface area contributed by atoms with Crippen molar-refractivity contribution >= 4 is 0 Å². The van der Waals surface area contributed by atoms with E-state index in [2.05, 4.69) is 10.3 Å². The lowest BCUT2D eigenvalue weighted by Gasteiger charge is -2.19. The van der Waals surface area contributed by atoms with Gasteiger partial charge in [-0.2, -0.15) is 13.2 Å². The lowest BCUT2D eigenvalue weighted by Crippen LogP contribution is -2.31. The molecule has 0 amide bonds. The maximum Gasteiger partial charge on any atom is 0.407 e. The molecule has 2 nitrogen and oxygen atoms in total. The van der Waals surface area contributed by atoms with Crippen molar-refractivity contribution in [3.63, 3.8) is 0 Å². The van der Waals surface area contributed by atoms with Crippen LogP contribution in [-0.4, -0.2) is 18.2 Å². The minimum atomic E-state index is -4.29. The summed E-state index contributed by atoms with van der Waals surface area (Å²) in [6.45, 7) is 1.71. The molecule has 0 saturated heterocycles. The number of aromatic nitrogens is 1. The molecule has 0 radical (unpaired) electrons. The third kappa shape index (κ3) is 2.45. The molecule has 1 atom stereocenters. The first-order chi connectivity index (χ1) is 6.45. The van der Waals surface area contributed by atoms with Crippen molar-refractivity contribution in [2.75, 3.05) is 7.05 Å². The Labute approximate surface area is 80.2 Å². The lowest BCUT2D eigenvalue weighted by molar-refractivity contribution is -0.156. The highest BCUT2D eigenvalue weighted by atomic mass is 19.4. The molecule has 0 aromatic carbocycles. The monoisotopic (exact) mass is 204 g/mol. The molecule has 1 aromatic heterocycles. The maximum absolute atomic E-state index is 12.4. The molecule has 0 spiro atoms. The average Bonchev–Trinajstić information content (AvgIpc) is 2.02. The summed E-state index contributed by atoms with van der Waals surface area (Å²) in [4.78, 5) is 3.73. The Hall–Kier alpha value is -1.10. The van der Waals surface area contributed by atoms with Gasteiger partial charge in [-0.25, -0.2) is 0 Å². The van der Waals surface area contributed by atoms with Gasteiger partial charge in [-0.1, -0.05) is 6.07 Å². The molecule has 1 unspecified atom stereocenters. The fraction of sp³-hybridized carbons (Fsp3) is 0.444. The number of hydrogen-bond donors (Lipinski definition) is 1. The van der Waals surface area contributed by atoms with Crippen LogP contribution in [0.25, 0.3) is 0 Å². The predicted molar refractivity (Wildman–Crippen MR) is 46.8 cm³/mol. The zero-order valence-corrected chi connectivity index (χ0v) is 7.89. The molecule has 0 aliphatic rings. The third-order valence-corrected chi connectivity index (χ3v) is 1.85. The van der Waals surface area contributed by atoms with E-state index < -0.39 is 12.2 Å². The standard InChI is InChI=1S/C9H11F3N2/c1-6-3-7(5-14-4-6)8(13-2)9(10,11)12/h3-5,8,13H,1-2H3. The maximum atomic E-state index is 12.4. The van der Waals surface area contributed by atoms with Gasteiger partial charge >= 0.3 is 6.18 Å². The van der Waals surface area contributed by atoms with Gasteiger partial charge in [0.05, 0.1) is 0 Å². The number of halogens is 3. The van der Waals surface area contributed by atoms with Gasteiger partial charge in [0.2, 0.25) is 0 Å². The van der Waals surface area contributed by atoms with Gasteiger partial charge in [-0.3, -0.25) is 4.98 Å². The lowest BCUT2D eigenvalue weighted by atomic mass is 10.1. The number of rotatable bonds is 2. The fourth-order valence-corrected chi connectivity index (χ4v) is 1.26. The van der Waals surface area contributed by atoms with Crippen LogP contribution in [0.1, 0.15) is 17.2 Å². The third-order valence-electron chi connectivity index (χ3n) is 1.85. The minimum Gasteiger partial charge on any atom is -0.305 e. The molecular weight excluding hydrogens is 193 g/mol. The first-order valence-corrected chi connectivity index (χ1v) is 4.10. The predicted octanol–water partition coefficient (Wildman–Crippen LogP) is 2.21. The molecule has 78 valence electrons. The van der Waals surface area contributed by atoms with Gasteiger partial charge in [-0.05, 0) is 25.1 Å². The highest BCUT2D eigenvalue weighted by Gasteiger charge is 2.39. The molecule has 0 bridgehead atoms. The van der Waals surface area contributed by atoms with Crippen LogP contribution in [0.5, 0.6) is 0 Å². The van der Waals surface area contributed by atoms with Crippen molar-refractivity contribution in [2.24, 2.45) is 0 Å². The first-order valence-electron chi connectivity index (χ1n) is 4.10. The van der Waals surface area contributed by atoms with E-state index in [0.717, 1.165) is 0 Å². The van der Waals surface area contributed by atoms with E-state index in [0.29, 0.717) is 5.56 Å². The van der Waals surface area contributed by atoms with E-state index in [1.807, 2.05) is 0 Å². The molecule has 1 heterocycles. The van der Waals surface area contributed by atoms with Crippen LogP contribution in [0.3, 0.4) is 0 Å². The highest BCUT2D eigenvalue weighted by Crippen LogP contribution is 2.31. The van der Waals surface area contributed by atoms with Gasteiger partial charge in [0.25, 0.3) is 0 Å². The number of nitrogens with zero attached hydrogens (tertiary/aromatic N) is 1. The van der Waals surface area contributed by atoms with Crippen LogP contribution in [0, 0.1) is 6.92 Å². The number of nitrogens with one attached hydrogen (secondary N) is 1. The van der Waals surface area contributed by atoms with Crippen LogP contribution in [0.2, 0.25) is 0 Å². The molecule has 0 aliphatic carbocycles. The first kappa shape index (κ1) is 11.0. The Morgan fingerprint density at radius 3 is 2.43 bits per heavy atom. The Bertz CT molecular complexity index is 309. The molecule has 0 fully saturated rings. The van der Waals surface area contributed by atoms with Crippen molar-refractivity contribution in [2.45, 2.75) is 19.1 Å². The number of hydrogen-bond acceptors (Lipinski definition) is 2. The Kier molecular flexibility index (Phi) is 3.10. The van der Waals surface area contributed by atoms with Crippen molar-refractivity contribution in [1.29, 1.82) is 0 Å². The summed E-state index contributed by atoms with van der Waals surface area (Å²) < 4.78 is 37.3.